The number of aromatic hydroxyl groups is 1. The summed E-state index contributed by atoms with van der Waals surface area (Å²) in [5.74, 6) is 0.929. The van der Waals surface area contributed by atoms with Gasteiger partial charge in [0.15, 0.2) is 0 Å². The molecule has 2 aromatic carbocycles. The van der Waals surface area contributed by atoms with E-state index in [4.69, 9.17) is 4.74 Å². The van der Waals surface area contributed by atoms with Crippen LogP contribution in [0.5, 0.6) is 11.6 Å². The Bertz CT molecular complexity index is 998. The number of nitrogens with zero attached hydrogens (tertiary/aromatic N) is 3. The molecule has 0 spiro atoms. The van der Waals surface area contributed by atoms with E-state index >= 15 is 0 Å². The molecule has 4 aromatic rings. The molecule has 0 saturated heterocycles. The number of fused-ring (bicyclic) bond motifs is 2. The second-order valence-corrected chi connectivity index (χ2v) is 5.30. The number of methoxy groups -OCH3 is 1. The van der Waals surface area contributed by atoms with E-state index in [-0.39, 0.29) is 5.88 Å². The van der Waals surface area contributed by atoms with Gasteiger partial charge in [0.05, 0.1) is 30.2 Å². The average Bonchev–Trinajstić information content (AvgIpc) is 3.08. The minimum Gasteiger partial charge on any atom is -0.497 e. The fraction of sp³-hybridized carbons (Fsp3) is 0.118. The summed E-state index contributed by atoms with van der Waals surface area (Å²) in [6, 6.07) is 11.6. The minimum absolute atomic E-state index is 0.204. The normalized spacial score (nSPS) is 11.4. The van der Waals surface area contributed by atoms with Crippen molar-refractivity contribution in [3.8, 4) is 17.3 Å². The zero-order valence-electron chi connectivity index (χ0n) is 12.3. The van der Waals surface area contributed by atoms with E-state index in [2.05, 4.69) is 4.98 Å². The van der Waals surface area contributed by atoms with Crippen LogP contribution in [0.15, 0.2) is 48.9 Å². The maximum Gasteiger partial charge on any atom is 0.203 e. The maximum atomic E-state index is 10.5. The number of imidazole rings is 1. The van der Waals surface area contributed by atoms with Crippen molar-refractivity contribution < 1.29 is 9.84 Å². The lowest BCUT2D eigenvalue weighted by Gasteiger charge is -2.05. The van der Waals surface area contributed by atoms with E-state index in [0.29, 0.717) is 0 Å². The highest BCUT2D eigenvalue weighted by Gasteiger charge is 2.12. The molecule has 0 fully saturated rings. The number of benzene rings is 2. The van der Waals surface area contributed by atoms with Crippen molar-refractivity contribution in [3.05, 3.63) is 48.9 Å². The van der Waals surface area contributed by atoms with Gasteiger partial charge >= 0.3 is 0 Å². The van der Waals surface area contributed by atoms with Crippen molar-refractivity contribution in [3.63, 3.8) is 0 Å². The van der Waals surface area contributed by atoms with Gasteiger partial charge in [-0.2, -0.15) is 0 Å². The lowest BCUT2D eigenvalue weighted by Crippen LogP contribution is -1.92. The number of hydrogen-bond donors (Lipinski definition) is 1. The third-order valence-electron chi connectivity index (χ3n) is 3.98. The molecular formula is C17H15N3O2. The Hall–Kier alpha value is -2.95. The van der Waals surface area contributed by atoms with Gasteiger partial charge < -0.3 is 14.4 Å². The summed E-state index contributed by atoms with van der Waals surface area (Å²) < 4.78 is 8.96. The third-order valence-corrected chi connectivity index (χ3v) is 3.98. The molecule has 2 heterocycles. The lowest BCUT2D eigenvalue weighted by molar-refractivity contribution is 0.414. The van der Waals surface area contributed by atoms with Crippen molar-refractivity contribution in [2.24, 2.45) is 7.05 Å². The molecule has 0 aliphatic carbocycles. The van der Waals surface area contributed by atoms with Gasteiger partial charge in [0.25, 0.3) is 0 Å². The SMILES string of the molecule is COc1ccc2cn(-c3ccc4ncn(C)c4c3)c(O)c2c1. The fourth-order valence-electron chi connectivity index (χ4n) is 2.76. The van der Waals surface area contributed by atoms with Crippen LogP contribution in [0, 0.1) is 0 Å². The second kappa shape index (κ2) is 4.53. The van der Waals surface area contributed by atoms with Crippen LogP contribution in [0.2, 0.25) is 0 Å². The molecule has 110 valence electrons. The smallest absolute Gasteiger partial charge is 0.203 e. The Morgan fingerprint density at radius 2 is 2.00 bits per heavy atom. The first-order valence-electron chi connectivity index (χ1n) is 6.97. The minimum atomic E-state index is 0.204. The monoisotopic (exact) mass is 293 g/mol. The van der Waals surface area contributed by atoms with Crippen molar-refractivity contribution in [2.45, 2.75) is 0 Å². The first kappa shape index (κ1) is 12.8. The van der Waals surface area contributed by atoms with E-state index in [1.165, 1.54) is 0 Å². The largest absolute Gasteiger partial charge is 0.497 e. The van der Waals surface area contributed by atoms with Gasteiger partial charge in [-0.1, -0.05) is 0 Å². The summed E-state index contributed by atoms with van der Waals surface area (Å²) in [6.45, 7) is 0. The molecule has 0 aliphatic rings. The van der Waals surface area contributed by atoms with E-state index in [0.717, 1.165) is 33.2 Å². The summed E-state index contributed by atoms with van der Waals surface area (Å²) in [5, 5.41) is 12.3. The fourth-order valence-corrected chi connectivity index (χ4v) is 2.76. The number of rotatable bonds is 2. The van der Waals surface area contributed by atoms with E-state index in [1.807, 2.05) is 54.2 Å². The molecular weight excluding hydrogens is 278 g/mol. The Balaban J connectivity index is 1.95. The number of aryl methyl sites for hydroxylation is 1. The Labute approximate surface area is 127 Å². The molecule has 4 rings (SSSR count). The molecule has 0 radical (unpaired) electrons. The van der Waals surface area contributed by atoms with Crippen LogP contribution < -0.4 is 4.74 Å². The zero-order valence-corrected chi connectivity index (χ0v) is 12.3. The topological polar surface area (TPSA) is 52.2 Å². The number of ether oxygens (including phenoxy) is 1. The first-order chi connectivity index (χ1) is 10.7. The highest BCUT2D eigenvalue weighted by Crippen LogP contribution is 2.33. The number of aromatic nitrogens is 3. The van der Waals surface area contributed by atoms with E-state index in [9.17, 15) is 5.11 Å². The molecule has 0 saturated carbocycles. The molecule has 0 unspecified atom stereocenters. The van der Waals surface area contributed by atoms with Gasteiger partial charge in [0.2, 0.25) is 5.88 Å². The maximum absolute atomic E-state index is 10.5. The average molecular weight is 293 g/mol. The predicted octanol–water partition coefficient (Wildman–Crippen LogP) is 3.23. The Morgan fingerprint density at radius 3 is 2.82 bits per heavy atom. The van der Waals surface area contributed by atoms with Crippen molar-refractivity contribution >= 4 is 21.8 Å². The second-order valence-electron chi connectivity index (χ2n) is 5.30. The van der Waals surface area contributed by atoms with Crippen LogP contribution in [-0.4, -0.2) is 26.3 Å². The molecule has 2 aromatic heterocycles. The standard InChI is InChI=1S/C17H15N3O2/c1-19-10-18-15-6-4-12(7-16(15)19)20-9-11-3-5-13(22-2)8-14(11)17(20)21/h3-10,21H,1-2H3. The van der Waals surface area contributed by atoms with Gasteiger partial charge in [-0.3, -0.25) is 4.57 Å². The lowest BCUT2D eigenvalue weighted by atomic mass is 10.2. The van der Waals surface area contributed by atoms with Gasteiger partial charge in [-0.15, -0.1) is 0 Å². The van der Waals surface area contributed by atoms with E-state index in [1.54, 1.807) is 18.0 Å². The summed E-state index contributed by atoms with van der Waals surface area (Å²) >= 11 is 0. The molecule has 0 bridgehead atoms. The van der Waals surface area contributed by atoms with Crippen molar-refractivity contribution in [1.29, 1.82) is 0 Å². The molecule has 0 aliphatic heterocycles. The Morgan fingerprint density at radius 1 is 1.14 bits per heavy atom. The Kier molecular flexibility index (Phi) is 2.63. The van der Waals surface area contributed by atoms with Crippen LogP contribution in [0.25, 0.3) is 27.5 Å². The molecule has 1 N–H and O–H groups in total. The van der Waals surface area contributed by atoms with Crippen LogP contribution in [0.3, 0.4) is 0 Å². The van der Waals surface area contributed by atoms with Gasteiger partial charge in [0, 0.05) is 24.0 Å². The van der Waals surface area contributed by atoms with Crippen LogP contribution in [0.4, 0.5) is 0 Å². The zero-order chi connectivity index (χ0) is 15.3. The summed E-state index contributed by atoms with van der Waals surface area (Å²) in [7, 11) is 3.57. The van der Waals surface area contributed by atoms with Crippen molar-refractivity contribution in [2.75, 3.05) is 7.11 Å². The summed E-state index contributed by atoms with van der Waals surface area (Å²) in [6.07, 6.45) is 3.70. The molecule has 22 heavy (non-hydrogen) atoms. The molecule has 5 heteroatoms. The summed E-state index contributed by atoms with van der Waals surface area (Å²) in [5.41, 5.74) is 2.85. The van der Waals surface area contributed by atoms with E-state index < -0.39 is 0 Å². The van der Waals surface area contributed by atoms with Crippen LogP contribution in [-0.2, 0) is 7.05 Å². The van der Waals surface area contributed by atoms with Crippen LogP contribution >= 0.6 is 0 Å². The van der Waals surface area contributed by atoms with Crippen LogP contribution in [0.1, 0.15) is 0 Å². The van der Waals surface area contributed by atoms with Gasteiger partial charge in [0.1, 0.15) is 5.75 Å². The quantitative estimate of drug-likeness (QED) is 0.617. The highest BCUT2D eigenvalue weighted by atomic mass is 16.5. The van der Waals surface area contributed by atoms with Gasteiger partial charge in [-0.05, 0) is 36.4 Å². The molecule has 5 nitrogen and oxygen atoms in total. The highest BCUT2D eigenvalue weighted by molar-refractivity contribution is 5.90. The molecule has 0 atom stereocenters. The molecule has 0 amide bonds. The predicted molar refractivity (Wildman–Crippen MR) is 85.8 cm³/mol. The third kappa shape index (κ3) is 1.75. The summed E-state index contributed by atoms with van der Waals surface area (Å²) in [4.78, 5) is 4.32. The van der Waals surface area contributed by atoms with Crippen molar-refractivity contribution in [1.82, 2.24) is 14.1 Å². The van der Waals surface area contributed by atoms with Gasteiger partial charge in [-0.25, -0.2) is 4.98 Å². The number of hydrogen-bond acceptors (Lipinski definition) is 3. The first-order valence-corrected chi connectivity index (χ1v) is 6.97.